The third kappa shape index (κ3) is 5.69. The number of hydrogen-bond donors (Lipinski definition) is 1. The van der Waals surface area contributed by atoms with Crippen molar-refractivity contribution in [2.75, 3.05) is 52.2 Å². The molecule has 5 nitrogen and oxygen atoms in total. The van der Waals surface area contributed by atoms with Crippen LogP contribution in [0.2, 0.25) is 0 Å². The summed E-state index contributed by atoms with van der Waals surface area (Å²) in [7, 11) is 0. The monoisotopic (exact) mass is 290 g/mol. The Hall–Kier alpha value is -0.300. The summed E-state index contributed by atoms with van der Waals surface area (Å²) in [6.45, 7) is 8.68. The Kier molecular flexibility index (Phi) is 7.75. The largest absolute Gasteiger partial charge is 0.389 e. The number of carbonyl (C=O) groups is 1. The molecule has 1 heterocycles. The first kappa shape index (κ1) is 16.8. The lowest BCUT2D eigenvalue weighted by Gasteiger charge is -2.36. The lowest BCUT2D eigenvalue weighted by atomic mass is 10.2. The maximum absolute atomic E-state index is 12.0. The van der Waals surface area contributed by atoms with E-state index in [4.69, 9.17) is 4.74 Å². The van der Waals surface area contributed by atoms with Gasteiger partial charge in [-0.25, -0.2) is 0 Å². The van der Waals surface area contributed by atoms with Crippen molar-refractivity contribution in [2.45, 2.75) is 25.2 Å². The number of β-amino-alcohol motifs (C(OH)–C–C–N with tert-alkyl or cyclic N) is 1. The Morgan fingerprint density at radius 1 is 1.37 bits per heavy atom. The molecule has 1 aliphatic heterocycles. The van der Waals surface area contributed by atoms with Gasteiger partial charge in [-0.2, -0.15) is 11.8 Å². The standard InChI is InChI=1S/C13H26N2O3S/c1-4-18-10-12(16)9-14-5-7-15(8-6-14)13(17)11(2)19-3/h11-12,16H,4-10H2,1-3H3/t11-,12-/m0/s1. The summed E-state index contributed by atoms with van der Waals surface area (Å²) in [5, 5.41) is 9.82. The second-order valence-electron chi connectivity index (χ2n) is 4.82. The molecule has 1 rings (SSSR count). The third-order valence-corrected chi connectivity index (χ3v) is 4.28. The topological polar surface area (TPSA) is 53.0 Å². The van der Waals surface area contributed by atoms with Crippen LogP contribution in [0.25, 0.3) is 0 Å². The summed E-state index contributed by atoms with van der Waals surface area (Å²) >= 11 is 1.59. The number of aliphatic hydroxyl groups excluding tert-OH is 1. The average molecular weight is 290 g/mol. The highest BCUT2D eigenvalue weighted by Gasteiger charge is 2.25. The van der Waals surface area contributed by atoms with E-state index in [0.717, 1.165) is 26.2 Å². The van der Waals surface area contributed by atoms with Crippen molar-refractivity contribution >= 4 is 17.7 Å². The average Bonchev–Trinajstić information content (AvgIpc) is 2.44. The lowest BCUT2D eigenvalue weighted by molar-refractivity contribution is -0.132. The van der Waals surface area contributed by atoms with Gasteiger partial charge in [-0.05, 0) is 20.1 Å². The van der Waals surface area contributed by atoms with Gasteiger partial charge in [0.1, 0.15) is 0 Å². The first-order valence-corrected chi connectivity index (χ1v) is 8.17. The molecule has 0 aromatic rings. The van der Waals surface area contributed by atoms with Crippen LogP contribution in [0.15, 0.2) is 0 Å². The third-order valence-electron chi connectivity index (χ3n) is 3.37. The number of amides is 1. The predicted molar refractivity (Wildman–Crippen MR) is 78.5 cm³/mol. The fourth-order valence-corrected chi connectivity index (χ4v) is 2.46. The van der Waals surface area contributed by atoms with E-state index in [1.807, 2.05) is 25.0 Å². The zero-order valence-corrected chi connectivity index (χ0v) is 13.0. The van der Waals surface area contributed by atoms with Crippen molar-refractivity contribution in [1.82, 2.24) is 9.80 Å². The molecule has 1 amide bonds. The van der Waals surface area contributed by atoms with Crippen molar-refractivity contribution in [3.05, 3.63) is 0 Å². The Morgan fingerprint density at radius 2 is 2.00 bits per heavy atom. The summed E-state index contributed by atoms with van der Waals surface area (Å²) in [6, 6.07) is 0. The van der Waals surface area contributed by atoms with Gasteiger partial charge in [0.05, 0.1) is 18.0 Å². The van der Waals surface area contributed by atoms with Crippen LogP contribution in [-0.4, -0.2) is 84.4 Å². The highest BCUT2D eigenvalue weighted by Crippen LogP contribution is 2.12. The minimum atomic E-state index is -0.438. The minimum absolute atomic E-state index is 0.0371. The number of aliphatic hydroxyl groups is 1. The van der Waals surface area contributed by atoms with Crippen LogP contribution >= 0.6 is 11.8 Å². The molecule has 2 atom stereocenters. The van der Waals surface area contributed by atoms with Gasteiger partial charge >= 0.3 is 0 Å². The van der Waals surface area contributed by atoms with Gasteiger partial charge in [0.15, 0.2) is 0 Å². The first-order chi connectivity index (χ1) is 9.08. The zero-order valence-electron chi connectivity index (χ0n) is 12.2. The predicted octanol–water partition coefficient (Wildman–Crippen LogP) is 0.280. The molecule has 1 saturated heterocycles. The fraction of sp³-hybridized carbons (Fsp3) is 0.923. The van der Waals surface area contributed by atoms with Crippen molar-refractivity contribution in [2.24, 2.45) is 0 Å². The van der Waals surface area contributed by atoms with E-state index in [2.05, 4.69) is 4.90 Å². The van der Waals surface area contributed by atoms with E-state index >= 15 is 0 Å². The van der Waals surface area contributed by atoms with Gasteiger partial charge in [-0.3, -0.25) is 9.69 Å². The van der Waals surface area contributed by atoms with Crippen molar-refractivity contribution in [1.29, 1.82) is 0 Å². The summed E-state index contributed by atoms with van der Waals surface area (Å²) in [4.78, 5) is 16.1. The molecule has 0 aromatic carbocycles. The van der Waals surface area contributed by atoms with Crippen molar-refractivity contribution in [3.8, 4) is 0 Å². The van der Waals surface area contributed by atoms with Crippen molar-refractivity contribution < 1.29 is 14.6 Å². The van der Waals surface area contributed by atoms with Crippen LogP contribution in [-0.2, 0) is 9.53 Å². The number of piperazine rings is 1. The number of rotatable bonds is 7. The second-order valence-corrected chi connectivity index (χ2v) is 6.00. The SMILES string of the molecule is CCOC[C@@H](O)CN1CCN(C(=O)[C@H](C)SC)CC1. The maximum Gasteiger partial charge on any atom is 0.235 e. The van der Waals surface area contributed by atoms with E-state index in [9.17, 15) is 9.90 Å². The number of ether oxygens (including phenoxy) is 1. The van der Waals surface area contributed by atoms with Gasteiger partial charge in [-0.1, -0.05) is 0 Å². The van der Waals surface area contributed by atoms with Crippen LogP contribution in [0.4, 0.5) is 0 Å². The van der Waals surface area contributed by atoms with Gasteiger partial charge < -0.3 is 14.7 Å². The molecular weight excluding hydrogens is 264 g/mol. The summed E-state index contributed by atoms with van der Waals surface area (Å²) in [5.41, 5.74) is 0. The van der Waals surface area contributed by atoms with Crippen molar-refractivity contribution in [3.63, 3.8) is 0 Å². The first-order valence-electron chi connectivity index (χ1n) is 6.88. The second kappa shape index (κ2) is 8.79. The molecule has 0 bridgehead atoms. The number of thioether (sulfide) groups is 1. The van der Waals surface area contributed by atoms with Crippen LogP contribution in [0.5, 0.6) is 0 Å². The molecule has 0 radical (unpaired) electrons. The Balaban J connectivity index is 2.27. The molecule has 0 spiro atoms. The Labute approximate surface area is 120 Å². The van der Waals surface area contributed by atoms with E-state index in [1.54, 1.807) is 11.8 Å². The van der Waals surface area contributed by atoms with Crippen LogP contribution < -0.4 is 0 Å². The molecular formula is C13H26N2O3S. The molecule has 112 valence electrons. The van der Waals surface area contributed by atoms with E-state index in [0.29, 0.717) is 19.8 Å². The highest BCUT2D eigenvalue weighted by atomic mass is 32.2. The number of carbonyl (C=O) groups excluding carboxylic acids is 1. The quantitative estimate of drug-likeness (QED) is 0.730. The molecule has 6 heteroatoms. The summed E-state index contributed by atoms with van der Waals surface area (Å²) < 4.78 is 5.20. The fourth-order valence-electron chi connectivity index (χ4n) is 2.11. The van der Waals surface area contributed by atoms with E-state index < -0.39 is 6.10 Å². The Morgan fingerprint density at radius 3 is 2.53 bits per heavy atom. The van der Waals surface area contributed by atoms with Gasteiger partial charge in [0, 0.05) is 39.3 Å². The number of hydrogen-bond acceptors (Lipinski definition) is 5. The molecule has 0 aromatic heterocycles. The summed E-state index contributed by atoms with van der Waals surface area (Å²) in [5.74, 6) is 0.224. The van der Waals surface area contributed by atoms with Crippen LogP contribution in [0.1, 0.15) is 13.8 Å². The van der Waals surface area contributed by atoms with Crippen LogP contribution in [0, 0.1) is 0 Å². The lowest BCUT2D eigenvalue weighted by Crippen LogP contribution is -2.52. The maximum atomic E-state index is 12.0. The molecule has 1 N–H and O–H groups in total. The minimum Gasteiger partial charge on any atom is -0.389 e. The molecule has 0 aliphatic carbocycles. The highest BCUT2D eigenvalue weighted by molar-refractivity contribution is 7.99. The smallest absolute Gasteiger partial charge is 0.235 e. The normalized spacial score (nSPS) is 20.3. The number of nitrogens with zero attached hydrogens (tertiary/aromatic N) is 2. The van der Waals surface area contributed by atoms with E-state index in [1.165, 1.54) is 0 Å². The summed E-state index contributed by atoms with van der Waals surface area (Å²) in [6.07, 6.45) is 1.52. The molecule has 0 unspecified atom stereocenters. The van der Waals surface area contributed by atoms with Crippen LogP contribution in [0.3, 0.4) is 0 Å². The molecule has 0 saturated carbocycles. The van der Waals surface area contributed by atoms with E-state index in [-0.39, 0.29) is 11.2 Å². The molecule has 1 fully saturated rings. The zero-order chi connectivity index (χ0) is 14.3. The van der Waals surface area contributed by atoms with Gasteiger partial charge in [-0.15, -0.1) is 0 Å². The Bertz CT molecular complexity index is 271. The van der Waals surface area contributed by atoms with Gasteiger partial charge in [0.25, 0.3) is 0 Å². The molecule has 1 aliphatic rings. The molecule has 19 heavy (non-hydrogen) atoms. The van der Waals surface area contributed by atoms with Gasteiger partial charge in [0.2, 0.25) is 5.91 Å².